The van der Waals surface area contributed by atoms with E-state index in [1.807, 2.05) is 26.1 Å². The van der Waals surface area contributed by atoms with Crippen LogP contribution in [0.4, 0.5) is 0 Å². The first-order chi connectivity index (χ1) is 5.24. The lowest BCUT2D eigenvalue weighted by Gasteiger charge is -2.03. The smallest absolute Gasteiger partial charge is 0.0947 e. The lowest BCUT2D eigenvalue weighted by Crippen LogP contribution is -2.02. The Morgan fingerprint density at radius 1 is 1.55 bits per heavy atom. The zero-order chi connectivity index (χ0) is 8.27. The first kappa shape index (κ1) is 8.17. The van der Waals surface area contributed by atoms with Gasteiger partial charge in [-0.15, -0.1) is 0 Å². The van der Waals surface area contributed by atoms with Gasteiger partial charge >= 0.3 is 0 Å². The van der Waals surface area contributed by atoms with E-state index in [1.165, 1.54) is 0 Å². The summed E-state index contributed by atoms with van der Waals surface area (Å²) in [5.41, 5.74) is 3.15. The predicted octanol–water partition coefficient (Wildman–Crippen LogP) is 1.09. The summed E-state index contributed by atoms with van der Waals surface area (Å²) >= 11 is 0. The molecule has 1 aromatic rings. The molecule has 0 radical (unpaired) electrons. The number of hydrogen-bond donors (Lipinski definition) is 1. The van der Waals surface area contributed by atoms with E-state index >= 15 is 0 Å². The Labute approximate surface area is 66.2 Å². The molecule has 11 heavy (non-hydrogen) atoms. The highest BCUT2D eigenvalue weighted by Crippen LogP contribution is 2.07. The average molecular weight is 152 g/mol. The van der Waals surface area contributed by atoms with Gasteiger partial charge in [-0.05, 0) is 19.4 Å². The van der Waals surface area contributed by atoms with Crippen LogP contribution in [0.3, 0.4) is 0 Å². The molecule has 1 aromatic heterocycles. The summed E-state index contributed by atoms with van der Waals surface area (Å²) in [6, 6.07) is 2.02. The molecule has 0 aliphatic carbocycles. The zero-order valence-electron chi connectivity index (χ0n) is 6.79. The summed E-state index contributed by atoms with van der Waals surface area (Å²) < 4.78 is 0. The molecule has 0 aromatic carbocycles. The van der Waals surface area contributed by atoms with Gasteiger partial charge < -0.3 is 0 Å². The quantitative estimate of drug-likeness (QED) is 0.645. The van der Waals surface area contributed by atoms with Crippen LogP contribution in [0.1, 0.15) is 16.8 Å². The van der Waals surface area contributed by atoms with Gasteiger partial charge in [0.2, 0.25) is 0 Å². The van der Waals surface area contributed by atoms with Crippen LogP contribution < -0.4 is 5.90 Å². The lowest BCUT2D eigenvalue weighted by molar-refractivity contribution is 0.123. The van der Waals surface area contributed by atoms with Crippen LogP contribution in [0.5, 0.6) is 0 Å². The maximum absolute atomic E-state index is 4.95. The van der Waals surface area contributed by atoms with Crippen molar-refractivity contribution >= 4 is 0 Å². The molecule has 3 nitrogen and oxygen atoms in total. The molecular weight excluding hydrogens is 140 g/mol. The molecule has 2 N–H and O–H groups in total. The molecule has 60 valence electrons. The van der Waals surface area contributed by atoms with Crippen LogP contribution in [-0.2, 0) is 11.4 Å². The summed E-state index contributed by atoms with van der Waals surface area (Å²) in [5.74, 6) is 4.95. The maximum atomic E-state index is 4.95. The minimum Gasteiger partial charge on any atom is -0.300 e. The van der Waals surface area contributed by atoms with Gasteiger partial charge in [-0.1, -0.05) is 6.07 Å². The summed E-state index contributed by atoms with van der Waals surface area (Å²) in [6.07, 6.45) is 1.83. The number of aryl methyl sites for hydroxylation is 2. The van der Waals surface area contributed by atoms with E-state index in [2.05, 4.69) is 9.82 Å². The van der Waals surface area contributed by atoms with Crippen LogP contribution in [0.2, 0.25) is 0 Å². The SMILES string of the molecule is Cc1cnc(C)c(CON)c1. The first-order valence-electron chi connectivity index (χ1n) is 3.48. The summed E-state index contributed by atoms with van der Waals surface area (Å²) in [7, 11) is 0. The van der Waals surface area contributed by atoms with Crippen molar-refractivity contribution in [2.75, 3.05) is 0 Å². The molecule has 0 unspecified atom stereocenters. The van der Waals surface area contributed by atoms with E-state index in [-0.39, 0.29) is 0 Å². The van der Waals surface area contributed by atoms with Crippen molar-refractivity contribution in [1.82, 2.24) is 4.98 Å². The van der Waals surface area contributed by atoms with Gasteiger partial charge in [-0.2, -0.15) is 0 Å². The second-order valence-electron chi connectivity index (χ2n) is 2.57. The molecule has 0 fully saturated rings. The van der Waals surface area contributed by atoms with Gasteiger partial charge in [0.25, 0.3) is 0 Å². The highest BCUT2D eigenvalue weighted by molar-refractivity contribution is 5.22. The highest BCUT2D eigenvalue weighted by atomic mass is 16.6. The summed E-state index contributed by atoms with van der Waals surface area (Å²) in [5, 5.41) is 0. The van der Waals surface area contributed by atoms with Crippen molar-refractivity contribution in [3.63, 3.8) is 0 Å². The Kier molecular flexibility index (Phi) is 2.57. The minimum absolute atomic E-state index is 0.431. The Morgan fingerprint density at radius 2 is 2.27 bits per heavy atom. The van der Waals surface area contributed by atoms with Crippen molar-refractivity contribution < 1.29 is 4.84 Å². The molecule has 0 amide bonds. The van der Waals surface area contributed by atoms with E-state index in [4.69, 9.17) is 5.90 Å². The van der Waals surface area contributed by atoms with Gasteiger partial charge in [-0.25, -0.2) is 5.90 Å². The van der Waals surface area contributed by atoms with Crippen LogP contribution in [-0.4, -0.2) is 4.98 Å². The van der Waals surface area contributed by atoms with E-state index < -0.39 is 0 Å². The van der Waals surface area contributed by atoms with Crippen LogP contribution in [0.15, 0.2) is 12.3 Å². The minimum atomic E-state index is 0.431. The van der Waals surface area contributed by atoms with E-state index in [1.54, 1.807) is 0 Å². The first-order valence-corrected chi connectivity index (χ1v) is 3.48. The monoisotopic (exact) mass is 152 g/mol. The Balaban J connectivity index is 2.93. The zero-order valence-corrected chi connectivity index (χ0v) is 6.79. The Hall–Kier alpha value is -0.930. The van der Waals surface area contributed by atoms with Crippen molar-refractivity contribution in [3.8, 4) is 0 Å². The standard InChI is InChI=1S/C8H12N2O/c1-6-3-8(5-11-9)7(2)10-4-6/h3-4H,5,9H2,1-2H3. The Morgan fingerprint density at radius 3 is 2.91 bits per heavy atom. The van der Waals surface area contributed by atoms with Crippen LogP contribution >= 0.6 is 0 Å². The van der Waals surface area contributed by atoms with Gasteiger partial charge in [-0.3, -0.25) is 9.82 Å². The van der Waals surface area contributed by atoms with E-state index in [0.717, 1.165) is 16.8 Å². The third-order valence-electron chi connectivity index (χ3n) is 1.57. The van der Waals surface area contributed by atoms with Gasteiger partial charge in [0, 0.05) is 17.5 Å². The fraction of sp³-hybridized carbons (Fsp3) is 0.375. The number of aromatic nitrogens is 1. The maximum Gasteiger partial charge on any atom is 0.0947 e. The predicted molar refractivity (Wildman–Crippen MR) is 42.7 cm³/mol. The van der Waals surface area contributed by atoms with E-state index in [0.29, 0.717) is 6.61 Å². The summed E-state index contributed by atoms with van der Waals surface area (Å²) in [6.45, 7) is 4.36. The number of nitrogens with zero attached hydrogens (tertiary/aromatic N) is 1. The normalized spacial score (nSPS) is 10.1. The lowest BCUT2D eigenvalue weighted by atomic mass is 10.2. The van der Waals surface area contributed by atoms with Crippen molar-refractivity contribution in [3.05, 3.63) is 29.1 Å². The molecular formula is C8H12N2O. The number of nitrogens with two attached hydrogens (primary N) is 1. The average Bonchev–Trinajstić information content (AvgIpc) is 1.98. The van der Waals surface area contributed by atoms with Crippen molar-refractivity contribution in [2.45, 2.75) is 20.5 Å². The molecule has 0 atom stereocenters. The Bertz CT molecular complexity index is 248. The molecule has 0 aliphatic heterocycles. The second-order valence-corrected chi connectivity index (χ2v) is 2.57. The third-order valence-corrected chi connectivity index (χ3v) is 1.57. The number of rotatable bonds is 2. The largest absolute Gasteiger partial charge is 0.300 e. The van der Waals surface area contributed by atoms with Crippen molar-refractivity contribution in [1.29, 1.82) is 0 Å². The van der Waals surface area contributed by atoms with Crippen LogP contribution in [0.25, 0.3) is 0 Å². The number of pyridine rings is 1. The highest BCUT2D eigenvalue weighted by Gasteiger charge is 1.98. The summed E-state index contributed by atoms with van der Waals surface area (Å²) in [4.78, 5) is 8.69. The van der Waals surface area contributed by atoms with Gasteiger partial charge in [0.1, 0.15) is 0 Å². The fourth-order valence-electron chi connectivity index (χ4n) is 0.934. The fourth-order valence-corrected chi connectivity index (χ4v) is 0.934. The van der Waals surface area contributed by atoms with Crippen LogP contribution in [0, 0.1) is 13.8 Å². The molecule has 1 heterocycles. The molecule has 0 spiro atoms. The molecule has 0 bridgehead atoms. The van der Waals surface area contributed by atoms with Crippen molar-refractivity contribution in [2.24, 2.45) is 5.90 Å². The van der Waals surface area contributed by atoms with Gasteiger partial charge in [0.15, 0.2) is 0 Å². The molecule has 0 aliphatic rings. The molecule has 0 saturated carbocycles. The topological polar surface area (TPSA) is 48.1 Å². The molecule has 1 rings (SSSR count). The third kappa shape index (κ3) is 2.00. The molecule has 3 heteroatoms. The van der Waals surface area contributed by atoms with E-state index in [9.17, 15) is 0 Å². The second kappa shape index (κ2) is 3.46. The molecule has 0 saturated heterocycles. The number of hydrogen-bond acceptors (Lipinski definition) is 3. The van der Waals surface area contributed by atoms with Gasteiger partial charge in [0.05, 0.1) is 6.61 Å².